The molecule has 1 aliphatic rings. The summed E-state index contributed by atoms with van der Waals surface area (Å²) in [6.45, 7) is 4.22. The molecule has 2 atom stereocenters. The Labute approximate surface area is 120 Å². The van der Waals surface area contributed by atoms with Gasteiger partial charge in [0.1, 0.15) is 0 Å². The average Bonchev–Trinajstić information content (AvgIpc) is 2.47. The van der Waals surface area contributed by atoms with E-state index >= 15 is 0 Å². The third-order valence-corrected chi connectivity index (χ3v) is 4.90. The summed E-state index contributed by atoms with van der Waals surface area (Å²) in [7, 11) is 0. The van der Waals surface area contributed by atoms with Gasteiger partial charge < -0.3 is 5.32 Å². The van der Waals surface area contributed by atoms with E-state index in [1.807, 2.05) is 11.8 Å². The topological polar surface area (TPSA) is 50.7 Å². The van der Waals surface area contributed by atoms with E-state index in [0.29, 0.717) is 12.0 Å². The molecule has 1 heterocycles. The standard InChI is InChI=1S/C14H24N4S/c1-4-12-13(5-2)17-18-14(16-12)15-10-7-6-8-11(9-10)19-3/h10-11H,4-9H2,1-3H3,(H,15,16,18). The van der Waals surface area contributed by atoms with Gasteiger partial charge >= 0.3 is 0 Å². The van der Waals surface area contributed by atoms with E-state index < -0.39 is 0 Å². The van der Waals surface area contributed by atoms with E-state index in [-0.39, 0.29) is 0 Å². The van der Waals surface area contributed by atoms with Crippen molar-refractivity contribution in [3.63, 3.8) is 0 Å². The maximum Gasteiger partial charge on any atom is 0.243 e. The molecule has 0 amide bonds. The van der Waals surface area contributed by atoms with Crippen LogP contribution < -0.4 is 5.32 Å². The summed E-state index contributed by atoms with van der Waals surface area (Å²) >= 11 is 1.98. The third kappa shape index (κ3) is 3.81. The van der Waals surface area contributed by atoms with Crippen LogP contribution in [0.15, 0.2) is 0 Å². The smallest absolute Gasteiger partial charge is 0.243 e. The van der Waals surface area contributed by atoms with Gasteiger partial charge in [0.15, 0.2) is 0 Å². The monoisotopic (exact) mass is 280 g/mol. The zero-order valence-electron chi connectivity index (χ0n) is 12.1. The Morgan fingerprint density at radius 1 is 1.16 bits per heavy atom. The van der Waals surface area contributed by atoms with E-state index in [1.165, 1.54) is 25.7 Å². The lowest BCUT2D eigenvalue weighted by Crippen LogP contribution is -2.29. The van der Waals surface area contributed by atoms with E-state index in [0.717, 1.165) is 29.5 Å². The Hall–Kier alpha value is -0.840. The maximum atomic E-state index is 4.62. The number of hydrogen-bond acceptors (Lipinski definition) is 5. The van der Waals surface area contributed by atoms with Crippen LogP contribution in [0.3, 0.4) is 0 Å². The van der Waals surface area contributed by atoms with Crippen molar-refractivity contribution in [2.75, 3.05) is 11.6 Å². The lowest BCUT2D eigenvalue weighted by molar-refractivity contribution is 0.471. The van der Waals surface area contributed by atoms with Gasteiger partial charge in [-0.2, -0.15) is 16.9 Å². The molecular formula is C14H24N4S. The summed E-state index contributed by atoms with van der Waals surface area (Å²) in [6, 6.07) is 0.505. The summed E-state index contributed by atoms with van der Waals surface area (Å²) in [5.41, 5.74) is 2.11. The highest BCUT2D eigenvalue weighted by atomic mass is 32.2. The third-order valence-electron chi connectivity index (χ3n) is 3.80. The Bertz CT molecular complexity index is 410. The minimum absolute atomic E-state index is 0.505. The van der Waals surface area contributed by atoms with Crippen molar-refractivity contribution < 1.29 is 0 Å². The molecule has 1 aromatic heterocycles. The molecule has 19 heavy (non-hydrogen) atoms. The van der Waals surface area contributed by atoms with Gasteiger partial charge in [0.05, 0.1) is 11.4 Å². The maximum absolute atomic E-state index is 4.62. The number of nitrogens with zero attached hydrogens (tertiary/aromatic N) is 3. The van der Waals surface area contributed by atoms with E-state index in [9.17, 15) is 0 Å². The van der Waals surface area contributed by atoms with Gasteiger partial charge in [-0.25, -0.2) is 4.98 Å². The Balaban J connectivity index is 2.02. The van der Waals surface area contributed by atoms with Crippen molar-refractivity contribution in [2.45, 2.75) is 63.7 Å². The van der Waals surface area contributed by atoms with Crippen LogP contribution in [-0.4, -0.2) is 32.7 Å². The Kier molecular flexibility index (Phi) is 5.43. The van der Waals surface area contributed by atoms with Crippen LogP contribution in [0, 0.1) is 0 Å². The molecule has 0 aromatic carbocycles. The highest BCUT2D eigenvalue weighted by Crippen LogP contribution is 2.28. The minimum Gasteiger partial charge on any atom is -0.350 e. The molecular weight excluding hydrogens is 256 g/mol. The molecule has 0 radical (unpaired) electrons. The first-order valence-corrected chi connectivity index (χ1v) is 8.57. The van der Waals surface area contributed by atoms with Gasteiger partial charge in [-0.1, -0.05) is 20.3 Å². The zero-order chi connectivity index (χ0) is 13.7. The summed E-state index contributed by atoms with van der Waals surface area (Å²) in [5.74, 6) is 0.709. The first-order valence-electron chi connectivity index (χ1n) is 7.28. The van der Waals surface area contributed by atoms with Crippen LogP contribution in [-0.2, 0) is 12.8 Å². The number of aromatic nitrogens is 3. The lowest BCUT2D eigenvalue weighted by Gasteiger charge is -2.28. The van der Waals surface area contributed by atoms with E-state index in [1.54, 1.807) is 0 Å². The molecule has 0 aliphatic heterocycles. The Morgan fingerprint density at radius 3 is 2.63 bits per heavy atom. The van der Waals surface area contributed by atoms with Gasteiger partial charge in [-0.05, 0) is 38.4 Å². The zero-order valence-corrected chi connectivity index (χ0v) is 13.0. The quantitative estimate of drug-likeness (QED) is 0.898. The number of aryl methyl sites for hydroxylation is 2. The largest absolute Gasteiger partial charge is 0.350 e. The van der Waals surface area contributed by atoms with E-state index in [4.69, 9.17) is 0 Å². The molecule has 0 saturated heterocycles. The number of hydrogen-bond donors (Lipinski definition) is 1. The molecule has 2 unspecified atom stereocenters. The molecule has 5 heteroatoms. The minimum atomic E-state index is 0.505. The molecule has 1 aromatic rings. The van der Waals surface area contributed by atoms with Crippen molar-refractivity contribution in [2.24, 2.45) is 0 Å². The first kappa shape index (κ1) is 14.6. The predicted octanol–water partition coefficient (Wildman–Crippen LogP) is 3.08. The second-order valence-corrected chi connectivity index (χ2v) is 6.24. The van der Waals surface area contributed by atoms with Crippen LogP contribution in [0.2, 0.25) is 0 Å². The number of anilines is 1. The Morgan fingerprint density at radius 2 is 1.95 bits per heavy atom. The van der Waals surface area contributed by atoms with Crippen molar-refractivity contribution >= 4 is 17.7 Å². The fraction of sp³-hybridized carbons (Fsp3) is 0.786. The lowest BCUT2D eigenvalue weighted by atomic mass is 9.95. The average molecular weight is 280 g/mol. The van der Waals surface area contributed by atoms with Gasteiger partial charge in [-0.15, -0.1) is 5.10 Å². The van der Waals surface area contributed by atoms with Gasteiger partial charge in [0.25, 0.3) is 0 Å². The second-order valence-electron chi connectivity index (χ2n) is 5.10. The first-order chi connectivity index (χ1) is 9.26. The van der Waals surface area contributed by atoms with Gasteiger partial charge in [0.2, 0.25) is 5.95 Å². The van der Waals surface area contributed by atoms with Gasteiger partial charge in [-0.3, -0.25) is 0 Å². The molecule has 1 fully saturated rings. The number of rotatable bonds is 5. The molecule has 2 rings (SSSR count). The highest BCUT2D eigenvalue weighted by Gasteiger charge is 2.22. The van der Waals surface area contributed by atoms with Crippen LogP contribution >= 0.6 is 11.8 Å². The highest BCUT2D eigenvalue weighted by molar-refractivity contribution is 7.99. The van der Waals surface area contributed by atoms with Crippen molar-refractivity contribution in [1.82, 2.24) is 15.2 Å². The summed E-state index contributed by atoms with van der Waals surface area (Å²) in [4.78, 5) is 4.62. The molecule has 0 spiro atoms. The van der Waals surface area contributed by atoms with Crippen molar-refractivity contribution in [1.29, 1.82) is 0 Å². The molecule has 1 N–H and O–H groups in total. The number of nitrogens with one attached hydrogen (secondary N) is 1. The van der Waals surface area contributed by atoms with Gasteiger partial charge in [0, 0.05) is 11.3 Å². The molecule has 106 valence electrons. The second kappa shape index (κ2) is 7.08. The molecule has 1 saturated carbocycles. The predicted molar refractivity (Wildman–Crippen MR) is 81.8 cm³/mol. The fourth-order valence-electron chi connectivity index (χ4n) is 2.67. The summed E-state index contributed by atoms with van der Waals surface area (Å²) in [6.07, 6.45) is 9.10. The van der Waals surface area contributed by atoms with Crippen molar-refractivity contribution in [3.8, 4) is 0 Å². The van der Waals surface area contributed by atoms with E-state index in [2.05, 4.69) is 40.6 Å². The molecule has 1 aliphatic carbocycles. The normalized spacial score (nSPS) is 23.3. The van der Waals surface area contributed by atoms with Crippen LogP contribution in [0.4, 0.5) is 5.95 Å². The molecule has 0 bridgehead atoms. The molecule has 4 nitrogen and oxygen atoms in total. The summed E-state index contributed by atoms with van der Waals surface area (Å²) in [5, 5.41) is 12.8. The van der Waals surface area contributed by atoms with Crippen LogP contribution in [0.5, 0.6) is 0 Å². The SMILES string of the molecule is CCc1nnc(NC2CCCC(SC)C2)nc1CC. The summed E-state index contributed by atoms with van der Waals surface area (Å²) < 4.78 is 0. The van der Waals surface area contributed by atoms with Crippen LogP contribution in [0.25, 0.3) is 0 Å². The number of thioether (sulfide) groups is 1. The van der Waals surface area contributed by atoms with Crippen molar-refractivity contribution in [3.05, 3.63) is 11.4 Å². The fourth-order valence-corrected chi connectivity index (χ4v) is 3.50. The van der Waals surface area contributed by atoms with Crippen LogP contribution in [0.1, 0.15) is 50.9 Å².